The molecule has 0 bridgehead atoms. The predicted octanol–water partition coefficient (Wildman–Crippen LogP) is 1.72. The SMILES string of the molecule is CC#CC(CNC(=O)O)C(C)I. The molecule has 0 heterocycles. The fraction of sp³-hybridized carbons (Fsp3) is 0.625. The molecule has 0 aromatic carbocycles. The topological polar surface area (TPSA) is 49.3 Å². The van der Waals surface area contributed by atoms with E-state index < -0.39 is 6.09 Å². The van der Waals surface area contributed by atoms with E-state index in [1.54, 1.807) is 6.92 Å². The van der Waals surface area contributed by atoms with Crippen molar-refractivity contribution in [2.45, 2.75) is 17.8 Å². The van der Waals surface area contributed by atoms with Crippen molar-refractivity contribution in [3.8, 4) is 11.8 Å². The van der Waals surface area contributed by atoms with Crippen molar-refractivity contribution in [2.24, 2.45) is 5.92 Å². The van der Waals surface area contributed by atoms with E-state index >= 15 is 0 Å². The molecule has 0 aliphatic rings. The van der Waals surface area contributed by atoms with Gasteiger partial charge in [0, 0.05) is 16.4 Å². The van der Waals surface area contributed by atoms with E-state index in [1.165, 1.54) is 0 Å². The fourth-order valence-corrected chi connectivity index (χ4v) is 1.14. The normalized spacial score (nSPS) is 13.9. The molecule has 2 atom stereocenters. The van der Waals surface area contributed by atoms with Crippen molar-refractivity contribution in [3.63, 3.8) is 0 Å². The number of carboxylic acid groups (broad SMARTS) is 1. The van der Waals surface area contributed by atoms with E-state index in [0.29, 0.717) is 10.5 Å². The van der Waals surface area contributed by atoms with Crippen molar-refractivity contribution < 1.29 is 9.90 Å². The van der Waals surface area contributed by atoms with Gasteiger partial charge in [0.1, 0.15) is 0 Å². The number of nitrogens with one attached hydrogen (secondary N) is 1. The van der Waals surface area contributed by atoms with E-state index in [1.807, 2.05) is 6.92 Å². The minimum absolute atomic E-state index is 0.103. The highest BCUT2D eigenvalue weighted by Crippen LogP contribution is 2.10. The highest BCUT2D eigenvalue weighted by Gasteiger charge is 2.11. The maximum absolute atomic E-state index is 10.2. The standard InChI is InChI=1S/C8H12INO2/c1-3-4-7(6(2)9)5-10-8(11)12/h6-7,10H,5H2,1-2H3,(H,11,12). The number of amides is 1. The van der Waals surface area contributed by atoms with Crippen LogP contribution in [0.5, 0.6) is 0 Å². The van der Waals surface area contributed by atoms with Gasteiger partial charge in [0.25, 0.3) is 0 Å². The molecule has 12 heavy (non-hydrogen) atoms. The van der Waals surface area contributed by atoms with Gasteiger partial charge in [0.05, 0.1) is 0 Å². The van der Waals surface area contributed by atoms with E-state index in [9.17, 15) is 4.79 Å². The summed E-state index contributed by atoms with van der Waals surface area (Å²) in [5, 5.41) is 10.7. The van der Waals surface area contributed by atoms with Crippen LogP contribution in [0.3, 0.4) is 0 Å². The average molecular weight is 281 g/mol. The minimum atomic E-state index is -0.991. The summed E-state index contributed by atoms with van der Waals surface area (Å²) in [6.45, 7) is 4.17. The summed E-state index contributed by atoms with van der Waals surface area (Å²) in [6.07, 6.45) is -0.991. The number of carbonyl (C=O) groups is 1. The van der Waals surface area contributed by atoms with E-state index in [2.05, 4.69) is 39.7 Å². The lowest BCUT2D eigenvalue weighted by Gasteiger charge is -2.12. The molecule has 0 aromatic heterocycles. The molecule has 0 fully saturated rings. The van der Waals surface area contributed by atoms with Crippen LogP contribution in [0.2, 0.25) is 0 Å². The molecule has 0 aliphatic heterocycles. The van der Waals surface area contributed by atoms with Gasteiger partial charge >= 0.3 is 6.09 Å². The highest BCUT2D eigenvalue weighted by molar-refractivity contribution is 14.1. The molecular formula is C8H12INO2. The Morgan fingerprint density at radius 3 is 2.67 bits per heavy atom. The van der Waals surface area contributed by atoms with Gasteiger partial charge in [0.2, 0.25) is 0 Å². The summed E-state index contributed by atoms with van der Waals surface area (Å²) in [6, 6.07) is 0. The number of rotatable bonds is 3. The predicted molar refractivity (Wildman–Crippen MR) is 56.4 cm³/mol. The Morgan fingerprint density at radius 2 is 2.33 bits per heavy atom. The van der Waals surface area contributed by atoms with Gasteiger partial charge in [-0.3, -0.25) is 0 Å². The summed E-state index contributed by atoms with van der Waals surface area (Å²) < 4.78 is 0.349. The molecule has 1 amide bonds. The highest BCUT2D eigenvalue weighted by atomic mass is 127. The van der Waals surface area contributed by atoms with Gasteiger partial charge in [-0.05, 0) is 6.92 Å². The lowest BCUT2D eigenvalue weighted by Crippen LogP contribution is -2.30. The van der Waals surface area contributed by atoms with Crippen LogP contribution in [-0.2, 0) is 0 Å². The second-order valence-corrected chi connectivity index (χ2v) is 4.33. The molecule has 0 rings (SSSR count). The van der Waals surface area contributed by atoms with Crippen LogP contribution in [-0.4, -0.2) is 21.7 Å². The van der Waals surface area contributed by atoms with E-state index in [4.69, 9.17) is 5.11 Å². The van der Waals surface area contributed by atoms with Crippen LogP contribution in [0.25, 0.3) is 0 Å². The first-order valence-corrected chi connectivity index (χ1v) is 4.85. The first kappa shape index (κ1) is 11.6. The average Bonchev–Trinajstić information content (AvgIpc) is 1.96. The summed E-state index contributed by atoms with van der Waals surface area (Å²) in [7, 11) is 0. The van der Waals surface area contributed by atoms with Gasteiger partial charge in [0.15, 0.2) is 0 Å². The lowest BCUT2D eigenvalue weighted by atomic mass is 10.1. The lowest BCUT2D eigenvalue weighted by molar-refractivity contribution is 0.193. The summed E-state index contributed by atoms with van der Waals surface area (Å²) in [5.74, 6) is 5.84. The minimum Gasteiger partial charge on any atom is -0.465 e. The first-order chi connectivity index (χ1) is 5.57. The maximum Gasteiger partial charge on any atom is 0.404 e. The van der Waals surface area contributed by atoms with Crippen LogP contribution in [0.15, 0.2) is 0 Å². The Hall–Kier alpha value is -0.440. The smallest absolute Gasteiger partial charge is 0.404 e. The summed E-state index contributed by atoms with van der Waals surface area (Å²) in [4.78, 5) is 10.2. The third-order valence-corrected chi connectivity index (χ3v) is 2.23. The van der Waals surface area contributed by atoms with Crippen molar-refractivity contribution >= 4 is 28.7 Å². The van der Waals surface area contributed by atoms with E-state index in [0.717, 1.165) is 0 Å². The number of alkyl halides is 1. The van der Waals surface area contributed by atoms with Gasteiger partial charge in [-0.25, -0.2) is 4.79 Å². The first-order valence-electron chi connectivity index (χ1n) is 3.61. The Labute approximate surface area is 86.1 Å². The van der Waals surface area contributed by atoms with Crippen LogP contribution in [0.1, 0.15) is 13.8 Å². The second-order valence-electron chi connectivity index (χ2n) is 2.36. The van der Waals surface area contributed by atoms with Crippen LogP contribution >= 0.6 is 22.6 Å². The Bertz CT molecular complexity index is 205. The molecule has 0 aromatic rings. The molecule has 0 spiro atoms. The molecule has 0 saturated carbocycles. The van der Waals surface area contributed by atoms with Crippen LogP contribution in [0.4, 0.5) is 4.79 Å². The summed E-state index contributed by atoms with van der Waals surface area (Å²) >= 11 is 2.24. The molecule has 2 N–H and O–H groups in total. The maximum atomic E-state index is 10.2. The molecule has 3 nitrogen and oxygen atoms in total. The molecule has 0 radical (unpaired) electrons. The Kier molecular flexibility index (Phi) is 5.89. The van der Waals surface area contributed by atoms with Gasteiger partial charge < -0.3 is 10.4 Å². The largest absolute Gasteiger partial charge is 0.465 e. The van der Waals surface area contributed by atoms with E-state index in [-0.39, 0.29) is 5.92 Å². The quantitative estimate of drug-likeness (QED) is 0.470. The molecule has 0 aliphatic carbocycles. The molecule has 68 valence electrons. The van der Waals surface area contributed by atoms with Gasteiger partial charge in [-0.15, -0.1) is 5.92 Å². The van der Waals surface area contributed by atoms with Crippen molar-refractivity contribution in [3.05, 3.63) is 0 Å². The third kappa shape index (κ3) is 5.24. The number of hydrogen-bond donors (Lipinski definition) is 2. The molecule has 2 unspecified atom stereocenters. The van der Waals surface area contributed by atoms with Gasteiger partial charge in [-0.1, -0.05) is 35.4 Å². The Morgan fingerprint density at radius 1 is 1.75 bits per heavy atom. The Balaban J connectivity index is 3.93. The molecular weight excluding hydrogens is 269 g/mol. The van der Waals surface area contributed by atoms with Gasteiger partial charge in [-0.2, -0.15) is 0 Å². The fourth-order valence-electron chi connectivity index (χ4n) is 0.711. The molecule has 0 saturated heterocycles. The zero-order valence-electron chi connectivity index (χ0n) is 7.10. The summed E-state index contributed by atoms with van der Waals surface area (Å²) in [5.41, 5.74) is 0. The van der Waals surface area contributed by atoms with Crippen LogP contribution in [0, 0.1) is 17.8 Å². The second kappa shape index (κ2) is 6.12. The number of hydrogen-bond acceptors (Lipinski definition) is 1. The zero-order chi connectivity index (χ0) is 9.56. The number of halogens is 1. The monoisotopic (exact) mass is 281 g/mol. The third-order valence-electron chi connectivity index (χ3n) is 1.36. The van der Waals surface area contributed by atoms with Crippen molar-refractivity contribution in [2.75, 3.05) is 6.54 Å². The van der Waals surface area contributed by atoms with Crippen molar-refractivity contribution in [1.82, 2.24) is 5.32 Å². The molecule has 4 heteroatoms. The van der Waals surface area contributed by atoms with Crippen molar-refractivity contribution in [1.29, 1.82) is 0 Å². The van der Waals surface area contributed by atoms with Crippen LogP contribution < -0.4 is 5.32 Å². The zero-order valence-corrected chi connectivity index (χ0v) is 9.25.